The normalized spacial score (nSPS) is 20.3. The first-order valence-corrected chi connectivity index (χ1v) is 7.01. The number of carboxylic acid groups (broad SMARTS) is 1. The van der Waals surface area contributed by atoms with E-state index in [1.54, 1.807) is 11.0 Å². The molecule has 17 heavy (non-hydrogen) atoms. The summed E-state index contributed by atoms with van der Waals surface area (Å²) in [7, 11) is 0. The maximum atomic E-state index is 12.1. The largest absolute Gasteiger partial charge is 0.481 e. The highest BCUT2D eigenvalue weighted by atomic mass is 79.9. The smallest absolute Gasteiger partial charge is 0.308 e. The van der Waals surface area contributed by atoms with Gasteiger partial charge in [0.2, 0.25) is 0 Å². The summed E-state index contributed by atoms with van der Waals surface area (Å²) >= 11 is 4.68. The maximum absolute atomic E-state index is 12.1. The van der Waals surface area contributed by atoms with Gasteiger partial charge in [-0.15, -0.1) is 11.3 Å². The van der Waals surface area contributed by atoms with Gasteiger partial charge in [0.1, 0.15) is 0 Å². The van der Waals surface area contributed by atoms with Crippen molar-refractivity contribution in [2.45, 2.75) is 12.8 Å². The molecule has 0 saturated carbocycles. The summed E-state index contributed by atoms with van der Waals surface area (Å²) in [6, 6.07) is 1.78. The average Bonchev–Trinajstić information content (AvgIpc) is 2.75. The number of hydrogen-bond donors (Lipinski definition) is 1. The van der Waals surface area contributed by atoms with Gasteiger partial charge in [-0.2, -0.15) is 0 Å². The standard InChI is InChI=1S/C11H12BrNO3S/c12-8-4-9(17-6-8)10(14)13-3-1-2-7(5-13)11(15)16/h4,6-7H,1-3,5H2,(H,15,16)/t7-/m0/s1. The fourth-order valence-electron chi connectivity index (χ4n) is 1.94. The van der Waals surface area contributed by atoms with Gasteiger partial charge in [0.15, 0.2) is 0 Å². The van der Waals surface area contributed by atoms with E-state index in [9.17, 15) is 9.59 Å². The molecule has 1 amide bonds. The molecule has 1 aromatic heterocycles. The highest BCUT2D eigenvalue weighted by Crippen LogP contribution is 2.24. The third kappa shape index (κ3) is 2.87. The highest BCUT2D eigenvalue weighted by Gasteiger charge is 2.29. The van der Waals surface area contributed by atoms with E-state index in [4.69, 9.17) is 5.11 Å². The summed E-state index contributed by atoms with van der Waals surface area (Å²) in [6.45, 7) is 0.974. The van der Waals surface area contributed by atoms with Gasteiger partial charge in [-0.05, 0) is 34.8 Å². The Morgan fingerprint density at radius 3 is 2.88 bits per heavy atom. The van der Waals surface area contributed by atoms with Crippen LogP contribution in [0.25, 0.3) is 0 Å². The van der Waals surface area contributed by atoms with E-state index >= 15 is 0 Å². The van der Waals surface area contributed by atoms with Crippen LogP contribution in [0, 0.1) is 5.92 Å². The number of rotatable bonds is 2. The number of carboxylic acids is 1. The number of aliphatic carboxylic acids is 1. The number of halogens is 1. The third-order valence-corrected chi connectivity index (χ3v) is 4.52. The Bertz CT molecular complexity index is 446. The third-order valence-electron chi connectivity index (χ3n) is 2.84. The molecule has 2 heterocycles. The van der Waals surface area contributed by atoms with Crippen molar-refractivity contribution in [3.63, 3.8) is 0 Å². The summed E-state index contributed by atoms with van der Waals surface area (Å²) in [6.07, 6.45) is 1.42. The molecule has 0 aliphatic carbocycles. The first-order chi connectivity index (χ1) is 8.08. The zero-order chi connectivity index (χ0) is 12.4. The van der Waals surface area contributed by atoms with Crippen molar-refractivity contribution in [2.24, 2.45) is 5.92 Å². The molecule has 2 rings (SSSR count). The Balaban J connectivity index is 2.07. The van der Waals surface area contributed by atoms with Gasteiger partial charge in [-0.25, -0.2) is 0 Å². The summed E-state index contributed by atoms with van der Waals surface area (Å²) in [5.74, 6) is -1.29. The predicted octanol–water partition coefficient (Wildman–Crippen LogP) is 2.45. The van der Waals surface area contributed by atoms with Crippen molar-refractivity contribution < 1.29 is 14.7 Å². The van der Waals surface area contributed by atoms with E-state index in [1.807, 2.05) is 5.38 Å². The minimum absolute atomic E-state index is 0.0633. The zero-order valence-corrected chi connectivity index (χ0v) is 11.5. The number of piperidine rings is 1. The van der Waals surface area contributed by atoms with Gasteiger partial charge in [0.25, 0.3) is 5.91 Å². The molecule has 1 N–H and O–H groups in total. The van der Waals surface area contributed by atoms with E-state index in [-0.39, 0.29) is 5.91 Å². The Morgan fingerprint density at radius 1 is 1.53 bits per heavy atom. The van der Waals surface area contributed by atoms with Crippen LogP contribution in [0.5, 0.6) is 0 Å². The molecular formula is C11H12BrNO3S. The number of carbonyl (C=O) groups excluding carboxylic acids is 1. The first kappa shape index (κ1) is 12.6. The Hall–Kier alpha value is -0.880. The minimum Gasteiger partial charge on any atom is -0.481 e. The quantitative estimate of drug-likeness (QED) is 0.911. The van der Waals surface area contributed by atoms with E-state index in [1.165, 1.54) is 11.3 Å². The Labute approximate surface area is 111 Å². The summed E-state index contributed by atoms with van der Waals surface area (Å²) < 4.78 is 0.887. The van der Waals surface area contributed by atoms with Crippen LogP contribution in [-0.4, -0.2) is 35.0 Å². The lowest BCUT2D eigenvalue weighted by Crippen LogP contribution is -2.42. The number of carbonyl (C=O) groups is 2. The first-order valence-electron chi connectivity index (χ1n) is 5.34. The second kappa shape index (κ2) is 5.18. The molecule has 1 aromatic rings. The topological polar surface area (TPSA) is 57.6 Å². The van der Waals surface area contributed by atoms with Crippen molar-refractivity contribution in [2.75, 3.05) is 13.1 Å². The molecule has 1 atom stereocenters. The van der Waals surface area contributed by atoms with E-state index < -0.39 is 11.9 Å². The lowest BCUT2D eigenvalue weighted by Gasteiger charge is -2.30. The molecule has 1 saturated heterocycles. The van der Waals surface area contributed by atoms with Crippen LogP contribution in [0.15, 0.2) is 15.9 Å². The van der Waals surface area contributed by atoms with E-state index in [2.05, 4.69) is 15.9 Å². The summed E-state index contributed by atoms with van der Waals surface area (Å²) in [5.41, 5.74) is 0. The van der Waals surface area contributed by atoms with Crippen LogP contribution in [0.3, 0.4) is 0 Å². The molecular weight excluding hydrogens is 306 g/mol. The van der Waals surface area contributed by atoms with Gasteiger partial charge >= 0.3 is 5.97 Å². The molecule has 1 aliphatic heterocycles. The highest BCUT2D eigenvalue weighted by molar-refractivity contribution is 9.10. The molecule has 0 bridgehead atoms. The number of hydrogen-bond acceptors (Lipinski definition) is 3. The molecule has 1 fully saturated rings. The van der Waals surface area contributed by atoms with Crippen molar-refractivity contribution in [1.29, 1.82) is 0 Å². The van der Waals surface area contributed by atoms with Crippen LogP contribution in [0.1, 0.15) is 22.5 Å². The molecule has 1 aliphatic rings. The SMILES string of the molecule is O=C(O)[C@H]1CCCN(C(=O)c2cc(Br)cs2)C1. The molecule has 0 aromatic carbocycles. The molecule has 0 spiro atoms. The van der Waals surface area contributed by atoms with Crippen LogP contribution in [0.4, 0.5) is 0 Å². The van der Waals surface area contributed by atoms with E-state index in [0.717, 1.165) is 10.9 Å². The second-order valence-corrected chi connectivity index (χ2v) is 5.88. The van der Waals surface area contributed by atoms with Crippen LogP contribution in [0.2, 0.25) is 0 Å². The van der Waals surface area contributed by atoms with Gasteiger partial charge < -0.3 is 10.0 Å². The predicted molar refractivity (Wildman–Crippen MR) is 68.3 cm³/mol. The van der Waals surface area contributed by atoms with Crippen molar-refractivity contribution in [1.82, 2.24) is 4.90 Å². The fraction of sp³-hybridized carbons (Fsp3) is 0.455. The number of likely N-dealkylation sites (tertiary alicyclic amines) is 1. The van der Waals surface area contributed by atoms with Gasteiger partial charge in [0.05, 0.1) is 10.8 Å². The molecule has 92 valence electrons. The lowest BCUT2D eigenvalue weighted by atomic mass is 9.98. The summed E-state index contributed by atoms with van der Waals surface area (Å²) in [5, 5.41) is 10.8. The van der Waals surface area contributed by atoms with E-state index in [0.29, 0.717) is 24.4 Å². The van der Waals surface area contributed by atoms with Crippen molar-refractivity contribution >= 4 is 39.1 Å². The van der Waals surface area contributed by atoms with Crippen LogP contribution < -0.4 is 0 Å². The fourth-order valence-corrected chi connectivity index (χ4v) is 3.34. The van der Waals surface area contributed by atoms with Crippen molar-refractivity contribution in [3.05, 3.63) is 20.8 Å². The molecule has 6 heteroatoms. The maximum Gasteiger partial charge on any atom is 0.308 e. The average molecular weight is 318 g/mol. The molecule has 0 radical (unpaired) electrons. The number of amides is 1. The van der Waals surface area contributed by atoms with Crippen molar-refractivity contribution in [3.8, 4) is 0 Å². The Kier molecular flexibility index (Phi) is 3.83. The number of nitrogens with zero attached hydrogens (tertiary/aromatic N) is 1. The lowest BCUT2D eigenvalue weighted by molar-refractivity contribution is -0.143. The zero-order valence-electron chi connectivity index (χ0n) is 9.06. The second-order valence-electron chi connectivity index (χ2n) is 4.06. The Morgan fingerprint density at radius 2 is 2.29 bits per heavy atom. The molecule has 4 nitrogen and oxygen atoms in total. The van der Waals surface area contributed by atoms with Gasteiger partial charge in [-0.1, -0.05) is 0 Å². The number of thiophene rings is 1. The van der Waals surface area contributed by atoms with Crippen LogP contribution >= 0.6 is 27.3 Å². The summed E-state index contributed by atoms with van der Waals surface area (Å²) in [4.78, 5) is 25.3. The molecule has 0 unspecified atom stereocenters. The minimum atomic E-state index is -0.810. The monoisotopic (exact) mass is 317 g/mol. The van der Waals surface area contributed by atoms with Gasteiger partial charge in [0, 0.05) is 22.9 Å². The van der Waals surface area contributed by atoms with Crippen LogP contribution in [-0.2, 0) is 4.79 Å². The van der Waals surface area contributed by atoms with Gasteiger partial charge in [-0.3, -0.25) is 9.59 Å².